The molecule has 0 unspecified atom stereocenters. The summed E-state index contributed by atoms with van der Waals surface area (Å²) in [5.41, 5.74) is 7.98. The minimum Gasteiger partial charge on any atom is -0.398 e. The molecule has 0 amide bonds. The van der Waals surface area contributed by atoms with Gasteiger partial charge in [0.15, 0.2) is 0 Å². The third-order valence-electron chi connectivity index (χ3n) is 2.75. The third-order valence-corrected chi connectivity index (χ3v) is 3.61. The Balaban J connectivity index is 2.08. The first-order valence-electron chi connectivity index (χ1n) is 5.20. The van der Waals surface area contributed by atoms with Gasteiger partial charge in [-0.1, -0.05) is 12.1 Å². The van der Waals surface area contributed by atoms with E-state index in [0.29, 0.717) is 0 Å². The van der Waals surface area contributed by atoms with Crippen molar-refractivity contribution >= 4 is 27.9 Å². The maximum absolute atomic E-state index is 5.93. The fourth-order valence-corrected chi connectivity index (χ4v) is 2.66. The van der Waals surface area contributed by atoms with Gasteiger partial charge < -0.3 is 10.3 Å². The van der Waals surface area contributed by atoms with Crippen molar-refractivity contribution < 1.29 is 0 Å². The van der Waals surface area contributed by atoms with E-state index in [1.54, 1.807) is 11.3 Å². The van der Waals surface area contributed by atoms with Gasteiger partial charge >= 0.3 is 0 Å². The number of aromatic nitrogens is 1. The molecule has 0 saturated carbocycles. The number of hydrogen-bond acceptors (Lipinski definition) is 2. The topological polar surface area (TPSA) is 30.9 Å². The van der Waals surface area contributed by atoms with Crippen molar-refractivity contribution in [3.05, 3.63) is 52.9 Å². The Labute approximate surface area is 97.9 Å². The third kappa shape index (κ3) is 1.49. The van der Waals surface area contributed by atoms with Crippen LogP contribution in [0.1, 0.15) is 4.88 Å². The molecule has 0 spiro atoms. The number of nitrogens with zero attached hydrogens (tertiary/aromatic N) is 1. The molecule has 16 heavy (non-hydrogen) atoms. The molecule has 2 N–H and O–H groups in total. The molecule has 0 aliphatic heterocycles. The van der Waals surface area contributed by atoms with Crippen LogP contribution in [0.4, 0.5) is 5.69 Å². The Morgan fingerprint density at radius 3 is 2.88 bits per heavy atom. The van der Waals surface area contributed by atoms with Crippen LogP contribution >= 0.6 is 11.3 Å². The number of benzene rings is 1. The molecule has 2 heterocycles. The highest BCUT2D eigenvalue weighted by atomic mass is 32.1. The second-order valence-corrected chi connectivity index (χ2v) is 4.84. The number of nitrogen functional groups attached to an aromatic ring is 1. The Morgan fingerprint density at radius 2 is 2.06 bits per heavy atom. The van der Waals surface area contributed by atoms with E-state index in [2.05, 4.69) is 40.4 Å². The van der Waals surface area contributed by atoms with Gasteiger partial charge in [-0.2, -0.15) is 0 Å². The average molecular weight is 228 g/mol. The number of anilines is 1. The first-order chi connectivity index (χ1) is 7.84. The molecule has 2 nitrogen and oxygen atoms in total. The van der Waals surface area contributed by atoms with Crippen LogP contribution in [0.5, 0.6) is 0 Å². The zero-order chi connectivity index (χ0) is 11.0. The minimum atomic E-state index is 0.849. The van der Waals surface area contributed by atoms with Gasteiger partial charge in [0.05, 0.1) is 12.1 Å². The fraction of sp³-hybridized carbons (Fsp3) is 0.0769. The Kier molecular flexibility index (Phi) is 2.18. The minimum absolute atomic E-state index is 0.849. The van der Waals surface area contributed by atoms with Crippen molar-refractivity contribution in [2.45, 2.75) is 6.54 Å². The van der Waals surface area contributed by atoms with Gasteiger partial charge in [-0.25, -0.2) is 0 Å². The predicted molar refractivity (Wildman–Crippen MR) is 69.8 cm³/mol. The Bertz CT molecular complexity index is 608. The van der Waals surface area contributed by atoms with Crippen LogP contribution in [0, 0.1) is 0 Å². The molecule has 80 valence electrons. The van der Waals surface area contributed by atoms with Gasteiger partial charge in [0.2, 0.25) is 0 Å². The molecule has 0 saturated heterocycles. The van der Waals surface area contributed by atoms with Crippen LogP contribution in [0.15, 0.2) is 48.0 Å². The summed E-state index contributed by atoms with van der Waals surface area (Å²) in [5, 5.41) is 3.24. The summed E-state index contributed by atoms with van der Waals surface area (Å²) < 4.78 is 2.23. The lowest BCUT2D eigenvalue weighted by Gasteiger charge is -2.03. The summed E-state index contributed by atoms with van der Waals surface area (Å²) in [7, 11) is 0. The maximum atomic E-state index is 5.93. The zero-order valence-corrected chi connectivity index (χ0v) is 9.58. The van der Waals surface area contributed by atoms with Gasteiger partial charge in [-0.3, -0.25) is 0 Å². The number of rotatable bonds is 2. The van der Waals surface area contributed by atoms with Gasteiger partial charge in [0.25, 0.3) is 0 Å². The van der Waals surface area contributed by atoms with E-state index in [1.807, 2.05) is 12.1 Å². The van der Waals surface area contributed by atoms with Crippen LogP contribution in [0.25, 0.3) is 10.9 Å². The molecular weight excluding hydrogens is 216 g/mol. The van der Waals surface area contributed by atoms with Crippen LogP contribution < -0.4 is 5.73 Å². The normalized spacial score (nSPS) is 11.0. The van der Waals surface area contributed by atoms with E-state index in [9.17, 15) is 0 Å². The molecule has 1 aromatic carbocycles. The summed E-state index contributed by atoms with van der Waals surface area (Å²) in [6, 6.07) is 12.4. The fourth-order valence-electron chi connectivity index (χ4n) is 1.96. The van der Waals surface area contributed by atoms with Crippen LogP contribution in [-0.4, -0.2) is 4.57 Å². The van der Waals surface area contributed by atoms with Crippen molar-refractivity contribution in [1.29, 1.82) is 0 Å². The zero-order valence-electron chi connectivity index (χ0n) is 8.76. The van der Waals surface area contributed by atoms with E-state index in [-0.39, 0.29) is 0 Å². The van der Waals surface area contributed by atoms with Crippen molar-refractivity contribution in [2.75, 3.05) is 5.73 Å². The van der Waals surface area contributed by atoms with Crippen LogP contribution in [0.3, 0.4) is 0 Å². The van der Waals surface area contributed by atoms with Crippen molar-refractivity contribution in [3.63, 3.8) is 0 Å². The molecule has 0 radical (unpaired) electrons. The van der Waals surface area contributed by atoms with Crippen LogP contribution in [0.2, 0.25) is 0 Å². The highest BCUT2D eigenvalue weighted by Crippen LogP contribution is 2.23. The van der Waals surface area contributed by atoms with E-state index in [1.165, 1.54) is 10.4 Å². The summed E-state index contributed by atoms with van der Waals surface area (Å²) in [6.45, 7) is 0.921. The molecule has 2 aromatic heterocycles. The molecule has 3 aromatic rings. The SMILES string of the molecule is Nc1cccc2c1ccn2Cc1cccs1. The number of fused-ring (bicyclic) bond motifs is 1. The van der Waals surface area contributed by atoms with Gasteiger partial charge in [-0.15, -0.1) is 11.3 Å². The average Bonchev–Trinajstić information content (AvgIpc) is 2.90. The second kappa shape index (κ2) is 3.68. The highest BCUT2D eigenvalue weighted by molar-refractivity contribution is 7.09. The molecule has 3 heteroatoms. The van der Waals surface area contributed by atoms with E-state index >= 15 is 0 Å². The first kappa shape index (κ1) is 9.48. The summed E-state index contributed by atoms with van der Waals surface area (Å²) in [5.74, 6) is 0. The van der Waals surface area contributed by atoms with Crippen molar-refractivity contribution in [1.82, 2.24) is 4.57 Å². The van der Waals surface area contributed by atoms with Gasteiger partial charge in [0.1, 0.15) is 0 Å². The van der Waals surface area contributed by atoms with E-state index < -0.39 is 0 Å². The lowest BCUT2D eigenvalue weighted by atomic mass is 10.2. The maximum Gasteiger partial charge on any atom is 0.0569 e. The standard InChI is InChI=1S/C13H12N2S/c14-12-4-1-5-13-11(12)6-7-15(13)9-10-3-2-8-16-10/h1-8H,9,14H2. The molecule has 3 rings (SSSR count). The monoisotopic (exact) mass is 228 g/mol. The number of nitrogens with two attached hydrogens (primary N) is 1. The Hall–Kier alpha value is -1.74. The highest BCUT2D eigenvalue weighted by Gasteiger charge is 2.03. The lowest BCUT2D eigenvalue weighted by Crippen LogP contribution is -1.95. The molecule has 0 atom stereocenters. The molecule has 0 fully saturated rings. The molecular formula is C13H12N2S. The quantitative estimate of drug-likeness (QED) is 0.670. The largest absolute Gasteiger partial charge is 0.398 e. The van der Waals surface area contributed by atoms with Crippen LogP contribution in [-0.2, 0) is 6.54 Å². The molecule has 0 bridgehead atoms. The second-order valence-electron chi connectivity index (χ2n) is 3.80. The van der Waals surface area contributed by atoms with E-state index in [0.717, 1.165) is 17.6 Å². The molecule has 0 aliphatic carbocycles. The van der Waals surface area contributed by atoms with Crippen molar-refractivity contribution in [3.8, 4) is 0 Å². The van der Waals surface area contributed by atoms with Gasteiger partial charge in [0, 0.05) is 22.1 Å². The summed E-state index contributed by atoms with van der Waals surface area (Å²) >= 11 is 1.78. The van der Waals surface area contributed by atoms with Crippen molar-refractivity contribution in [2.24, 2.45) is 0 Å². The number of hydrogen-bond donors (Lipinski definition) is 1. The summed E-state index contributed by atoms with van der Waals surface area (Å²) in [4.78, 5) is 1.36. The molecule has 0 aliphatic rings. The predicted octanol–water partition coefficient (Wildman–Crippen LogP) is 3.33. The van der Waals surface area contributed by atoms with E-state index in [4.69, 9.17) is 5.73 Å². The van der Waals surface area contributed by atoms with Gasteiger partial charge in [-0.05, 0) is 29.6 Å². The Morgan fingerprint density at radius 1 is 1.12 bits per heavy atom. The summed E-state index contributed by atoms with van der Waals surface area (Å²) in [6.07, 6.45) is 2.10. The number of thiophene rings is 1. The smallest absolute Gasteiger partial charge is 0.0569 e. The lowest BCUT2D eigenvalue weighted by molar-refractivity contribution is 0.852. The first-order valence-corrected chi connectivity index (χ1v) is 6.08.